The van der Waals surface area contributed by atoms with Crippen molar-refractivity contribution in [2.45, 2.75) is 25.3 Å². The van der Waals surface area contributed by atoms with Crippen LogP contribution in [0, 0.1) is 11.8 Å². The van der Waals surface area contributed by atoms with Gasteiger partial charge < -0.3 is 20.1 Å². The van der Waals surface area contributed by atoms with Gasteiger partial charge in [-0.3, -0.25) is 9.59 Å². The number of ether oxygens (including phenoxy) is 2. The second-order valence-corrected chi connectivity index (χ2v) is 6.05. The number of rotatable bonds is 8. The van der Waals surface area contributed by atoms with Gasteiger partial charge in [0, 0.05) is 6.04 Å². The van der Waals surface area contributed by atoms with Crippen molar-refractivity contribution in [1.29, 1.82) is 0 Å². The first-order valence-electron chi connectivity index (χ1n) is 8.02. The fourth-order valence-electron chi connectivity index (χ4n) is 2.46. The minimum atomic E-state index is -0.172. The van der Waals surface area contributed by atoms with Gasteiger partial charge in [-0.15, -0.1) is 0 Å². The van der Waals surface area contributed by atoms with Crippen LogP contribution in [0.1, 0.15) is 19.3 Å². The molecular formula is C17H22N2O4. The summed E-state index contributed by atoms with van der Waals surface area (Å²) in [4.78, 5) is 23.8. The molecule has 0 radical (unpaired) electrons. The van der Waals surface area contributed by atoms with Crippen molar-refractivity contribution in [3.8, 4) is 11.5 Å². The van der Waals surface area contributed by atoms with E-state index in [2.05, 4.69) is 10.6 Å². The van der Waals surface area contributed by atoms with Crippen molar-refractivity contribution in [2.24, 2.45) is 11.8 Å². The Morgan fingerprint density at radius 1 is 1.09 bits per heavy atom. The fourth-order valence-corrected chi connectivity index (χ4v) is 2.46. The lowest BCUT2D eigenvalue weighted by Crippen LogP contribution is -2.33. The maximum absolute atomic E-state index is 12.0. The SMILES string of the molecule is COc1ccc(OCCNC(=O)C2CC2C(=O)NC2CC2)cc1. The summed E-state index contributed by atoms with van der Waals surface area (Å²) in [7, 11) is 1.61. The van der Waals surface area contributed by atoms with E-state index in [1.54, 1.807) is 7.11 Å². The monoisotopic (exact) mass is 318 g/mol. The van der Waals surface area contributed by atoms with Crippen LogP contribution >= 0.6 is 0 Å². The molecule has 23 heavy (non-hydrogen) atoms. The van der Waals surface area contributed by atoms with E-state index in [4.69, 9.17) is 9.47 Å². The first-order valence-corrected chi connectivity index (χ1v) is 8.02. The Morgan fingerprint density at radius 3 is 2.39 bits per heavy atom. The molecule has 0 aliphatic heterocycles. The summed E-state index contributed by atoms with van der Waals surface area (Å²) in [5.41, 5.74) is 0. The van der Waals surface area contributed by atoms with Crippen molar-refractivity contribution in [3.05, 3.63) is 24.3 Å². The highest BCUT2D eigenvalue weighted by Gasteiger charge is 2.48. The van der Waals surface area contributed by atoms with Gasteiger partial charge in [0.2, 0.25) is 11.8 Å². The van der Waals surface area contributed by atoms with Crippen molar-refractivity contribution in [3.63, 3.8) is 0 Å². The number of nitrogens with one attached hydrogen (secondary N) is 2. The summed E-state index contributed by atoms with van der Waals surface area (Å²) in [5, 5.41) is 5.77. The topological polar surface area (TPSA) is 76.7 Å². The molecule has 6 nitrogen and oxygen atoms in total. The van der Waals surface area contributed by atoms with Gasteiger partial charge in [-0.25, -0.2) is 0 Å². The van der Waals surface area contributed by atoms with Gasteiger partial charge in [-0.05, 0) is 43.5 Å². The molecule has 1 aromatic rings. The summed E-state index contributed by atoms with van der Waals surface area (Å²) >= 11 is 0. The Kier molecular flexibility index (Phi) is 4.69. The van der Waals surface area contributed by atoms with E-state index in [1.807, 2.05) is 24.3 Å². The van der Waals surface area contributed by atoms with E-state index in [1.165, 1.54) is 0 Å². The van der Waals surface area contributed by atoms with E-state index >= 15 is 0 Å². The van der Waals surface area contributed by atoms with Gasteiger partial charge in [0.05, 0.1) is 25.5 Å². The number of benzene rings is 1. The van der Waals surface area contributed by atoms with Gasteiger partial charge in [0.1, 0.15) is 18.1 Å². The van der Waals surface area contributed by atoms with Crippen LogP contribution in [0.3, 0.4) is 0 Å². The van der Waals surface area contributed by atoms with Crippen molar-refractivity contribution < 1.29 is 19.1 Å². The molecule has 2 amide bonds. The molecule has 124 valence electrons. The van der Waals surface area contributed by atoms with Crippen molar-refractivity contribution in [2.75, 3.05) is 20.3 Å². The van der Waals surface area contributed by atoms with Crippen LogP contribution < -0.4 is 20.1 Å². The third kappa shape index (κ3) is 4.37. The molecule has 2 fully saturated rings. The highest BCUT2D eigenvalue weighted by Crippen LogP contribution is 2.39. The quantitative estimate of drug-likeness (QED) is 0.704. The Hall–Kier alpha value is -2.24. The number of hydrogen-bond donors (Lipinski definition) is 2. The van der Waals surface area contributed by atoms with Gasteiger partial charge in [0.15, 0.2) is 0 Å². The molecule has 0 aromatic heterocycles. The normalized spacial score (nSPS) is 22.1. The van der Waals surface area contributed by atoms with E-state index in [-0.39, 0.29) is 23.7 Å². The summed E-state index contributed by atoms with van der Waals surface area (Å²) in [6.07, 6.45) is 2.79. The minimum Gasteiger partial charge on any atom is -0.497 e. The molecule has 6 heteroatoms. The van der Waals surface area contributed by atoms with Gasteiger partial charge in [-0.1, -0.05) is 0 Å². The molecule has 2 saturated carbocycles. The zero-order valence-electron chi connectivity index (χ0n) is 13.2. The second-order valence-electron chi connectivity index (χ2n) is 6.05. The molecule has 0 bridgehead atoms. The first kappa shape index (κ1) is 15.6. The lowest BCUT2D eigenvalue weighted by molar-refractivity contribution is -0.127. The van der Waals surface area contributed by atoms with Gasteiger partial charge in [-0.2, -0.15) is 0 Å². The number of hydrogen-bond acceptors (Lipinski definition) is 4. The Bertz CT molecular complexity index is 568. The molecule has 2 N–H and O–H groups in total. The van der Waals surface area contributed by atoms with Crippen LogP contribution in [0.2, 0.25) is 0 Å². The van der Waals surface area contributed by atoms with Crippen LogP contribution in [0.4, 0.5) is 0 Å². The summed E-state index contributed by atoms with van der Waals surface area (Å²) in [6.45, 7) is 0.821. The summed E-state index contributed by atoms with van der Waals surface area (Å²) in [6, 6.07) is 7.63. The van der Waals surface area contributed by atoms with Crippen LogP contribution in [-0.4, -0.2) is 38.1 Å². The van der Waals surface area contributed by atoms with Crippen molar-refractivity contribution in [1.82, 2.24) is 10.6 Å². The Balaban J connectivity index is 1.31. The molecule has 3 rings (SSSR count). The van der Waals surface area contributed by atoms with Crippen LogP contribution in [0.15, 0.2) is 24.3 Å². The highest BCUT2D eigenvalue weighted by atomic mass is 16.5. The molecule has 2 atom stereocenters. The number of methoxy groups -OCH3 is 1. The summed E-state index contributed by atoms with van der Waals surface area (Å²) < 4.78 is 10.6. The van der Waals surface area contributed by atoms with Crippen LogP contribution in [0.5, 0.6) is 11.5 Å². The minimum absolute atomic E-state index is 0.0298. The number of amides is 2. The van der Waals surface area contributed by atoms with Crippen LogP contribution in [0.25, 0.3) is 0 Å². The average Bonchev–Trinajstić information content (AvgIpc) is 3.45. The van der Waals surface area contributed by atoms with Crippen molar-refractivity contribution >= 4 is 11.8 Å². The molecule has 0 heterocycles. The first-order chi connectivity index (χ1) is 11.2. The molecular weight excluding hydrogens is 296 g/mol. The van der Waals surface area contributed by atoms with E-state index in [0.29, 0.717) is 25.6 Å². The number of carbonyl (C=O) groups excluding carboxylic acids is 2. The molecule has 1 aromatic carbocycles. The lowest BCUT2D eigenvalue weighted by Gasteiger charge is -2.08. The third-order valence-electron chi connectivity index (χ3n) is 4.12. The smallest absolute Gasteiger partial charge is 0.224 e. The van der Waals surface area contributed by atoms with E-state index in [0.717, 1.165) is 24.3 Å². The Labute approximate surface area is 135 Å². The third-order valence-corrected chi connectivity index (χ3v) is 4.12. The van der Waals surface area contributed by atoms with Crippen LogP contribution in [-0.2, 0) is 9.59 Å². The Morgan fingerprint density at radius 2 is 1.74 bits per heavy atom. The zero-order valence-corrected chi connectivity index (χ0v) is 13.2. The molecule has 0 saturated heterocycles. The van der Waals surface area contributed by atoms with E-state index < -0.39 is 0 Å². The molecule has 2 aliphatic rings. The number of carbonyl (C=O) groups is 2. The largest absolute Gasteiger partial charge is 0.497 e. The maximum Gasteiger partial charge on any atom is 0.224 e. The second kappa shape index (κ2) is 6.89. The predicted octanol–water partition coefficient (Wildman–Crippen LogP) is 1.10. The standard InChI is InChI=1S/C17H22N2O4/c1-22-12-4-6-13(7-5-12)23-9-8-18-16(20)14-10-15(14)17(21)19-11-2-3-11/h4-7,11,14-15H,2-3,8-10H2,1H3,(H,18,20)(H,19,21). The van der Waals surface area contributed by atoms with Gasteiger partial charge >= 0.3 is 0 Å². The maximum atomic E-state index is 12.0. The zero-order chi connectivity index (χ0) is 16.2. The van der Waals surface area contributed by atoms with Gasteiger partial charge in [0.25, 0.3) is 0 Å². The fraction of sp³-hybridized carbons (Fsp3) is 0.529. The predicted molar refractivity (Wildman–Crippen MR) is 84.3 cm³/mol. The molecule has 2 unspecified atom stereocenters. The molecule has 2 aliphatic carbocycles. The molecule has 0 spiro atoms. The average molecular weight is 318 g/mol. The highest BCUT2D eigenvalue weighted by molar-refractivity contribution is 5.92. The van der Waals surface area contributed by atoms with E-state index in [9.17, 15) is 9.59 Å². The summed E-state index contributed by atoms with van der Waals surface area (Å²) in [5.74, 6) is 1.16. The lowest BCUT2D eigenvalue weighted by atomic mass is 10.3.